The van der Waals surface area contributed by atoms with E-state index in [-0.39, 0.29) is 10.5 Å². The number of carbonyl (C=O) groups excluding carboxylic acids is 1. The Morgan fingerprint density at radius 3 is 2.46 bits per heavy atom. The predicted molar refractivity (Wildman–Crippen MR) is 100 cm³/mol. The first-order valence-electron chi connectivity index (χ1n) is 7.46. The normalized spacial score (nSPS) is 11.3. The van der Waals surface area contributed by atoms with Gasteiger partial charge in [0, 0.05) is 24.0 Å². The van der Waals surface area contributed by atoms with Gasteiger partial charge in [-0.1, -0.05) is 17.4 Å². The summed E-state index contributed by atoms with van der Waals surface area (Å²) in [6, 6.07) is 9.37. The zero-order valence-electron chi connectivity index (χ0n) is 14.3. The molecule has 0 aliphatic rings. The van der Waals surface area contributed by atoms with E-state index in [1.807, 2.05) is 0 Å². The number of fused-ring (bicyclic) bond motifs is 1. The van der Waals surface area contributed by atoms with Gasteiger partial charge in [0.05, 0.1) is 29.3 Å². The molecule has 0 spiro atoms. The molecule has 2 aromatic carbocycles. The molecule has 9 heteroatoms. The summed E-state index contributed by atoms with van der Waals surface area (Å²) in [5, 5.41) is 3.09. The summed E-state index contributed by atoms with van der Waals surface area (Å²) in [6.45, 7) is 0. The van der Waals surface area contributed by atoms with Crippen molar-refractivity contribution >= 4 is 42.4 Å². The van der Waals surface area contributed by atoms with E-state index < -0.39 is 15.7 Å². The van der Waals surface area contributed by atoms with Crippen LogP contribution in [0, 0.1) is 0 Å². The van der Waals surface area contributed by atoms with E-state index in [1.165, 1.54) is 36.6 Å². The van der Waals surface area contributed by atoms with Gasteiger partial charge in [-0.05, 0) is 18.2 Å². The lowest BCUT2D eigenvalue weighted by Crippen LogP contribution is -2.12. The Balaban J connectivity index is 1.90. The van der Waals surface area contributed by atoms with Gasteiger partial charge < -0.3 is 9.47 Å². The van der Waals surface area contributed by atoms with Crippen LogP contribution in [0.3, 0.4) is 0 Å². The molecule has 0 saturated carbocycles. The lowest BCUT2D eigenvalue weighted by Gasteiger charge is -2.05. The number of rotatable bonds is 5. The lowest BCUT2D eigenvalue weighted by molar-refractivity contribution is 0.102. The van der Waals surface area contributed by atoms with Crippen LogP contribution >= 0.6 is 11.3 Å². The molecule has 0 fully saturated rings. The van der Waals surface area contributed by atoms with Gasteiger partial charge in [0.15, 0.2) is 26.5 Å². The number of anilines is 1. The minimum atomic E-state index is -3.39. The second-order valence-electron chi connectivity index (χ2n) is 5.45. The Labute approximate surface area is 154 Å². The Hall–Kier alpha value is -2.65. The number of hydrogen-bond donors (Lipinski definition) is 1. The first-order chi connectivity index (χ1) is 12.3. The highest BCUT2D eigenvalue weighted by molar-refractivity contribution is 7.90. The van der Waals surface area contributed by atoms with Gasteiger partial charge in [-0.3, -0.25) is 10.1 Å². The first kappa shape index (κ1) is 18.2. The second-order valence-corrected chi connectivity index (χ2v) is 8.49. The predicted octanol–water partition coefficient (Wildman–Crippen LogP) is 2.97. The van der Waals surface area contributed by atoms with Crippen LogP contribution in [0.2, 0.25) is 0 Å². The molecule has 0 aliphatic carbocycles. The maximum absolute atomic E-state index is 12.4. The fraction of sp³-hybridized carbons (Fsp3) is 0.176. The summed E-state index contributed by atoms with van der Waals surface area (Å²) >= 11 is 1.28. The van der Waals surface area contributed by atoms with Crippen LogP contribution in [-0.4, -0.2) is 39.8 Å². The maximum Gasteiger partial charge on any atom is 0.257 e. The molecule has 1 heterocycles. The molecule has 0 atom stereocenters. The van der Waals surface area contributed by atoms with Crippen molar-refractivity contribution in [2.24, 2.45) is 0 Å². The highest BCUT2D eigenvalue weighted by Crippen LogP contribution is 2.36. The third-order valence-electron chi connectivity index (χ3n) is 3.64. The molecule has 1 amide bonds. The van der Waals surface area contributed by atoms with Crippen molar-refractivity contribution in [1.82, 2.24) is 4.98 Å². The summed E-state index contributed by atoms with van der Waals surface area (Å²) in [6.07, 6.45) is 1.10. The van der Waals surface area contributed by atoms with E-state index >= 15 is 0 Å². The third kappa shape index (κ3) is 3.63. The molecular formula is C17H16N2O5S2. The molecular weight excluding hydrogens is 376 g/mol. The van der Waals surface area contributed by atoms with Gasteiger partial charge in [0.25, 0.3) is 5.91 Å². The van der Waals surface area contributed by atoms with Crippen molar-refractivity contribution < 1.29 is 22.7 Å². The number of thiazole rings is 1. The van der Waals surface area contributed by atoms with Crippen LogP contribution < -0.4 is 14.8 Å². The van der Waals surface area contributed by atoms with Gasteiger partial charge >= 0.3 is 0 Å². The Morgan fingerprint density at radius 2 is 1.81 bits per heavy atom. The molecule has 26 heavy (non-hydrogen) atoms. The van der Waals surface area contributed by atoms with Crippen LogP contribution in [0.4, 0.5) is 5.13 Å². The highest BCUT2D eigenvalue weighted by atomic mass is 32.2. The minimum absolute atomic E-state index is 0.0870. The fourth-order valence-electron chi connectivity index (χ4n) is 2.35. The van der Waals surface area contributed by atoms with Crippen molar-refractivity contribution in [2.75, 3.05) is 25.8 Å². The average Bonchev–Trinajstić information content (AvgIpc) is 3.00. The van der Waals surface area contributed by atoms with Crippen LogP contribution in [-0.2, 0) is 9.84 Å². The van der Waals surface area contributed by atoms with Gasteiger partial charge in [0.1, 0.15) is 0 Å². The van der Waals surface area contributed by atoms with Crippen LogP contribution in [0.5, 0.6) is 11.5 Å². The van der Waals surface area contributed by atoms with Gasteiger partial charge in [-0.15, -0.1) is 0 Å². The number of hydrogen-bond acceptors (Lipinski definition) is 7. The highest BCUT2D eigenvalue weighted by Gasteiger charge is 2.15. The van der Waals surface area contributed by atoms with Crippen LogP contribution in [0.1, 0.15) is 10.4 Å². The number of amides is 1. The van der Waals surface area contributed by atoms with Crippen LogP contribution in [0.25, 0.3) is 10.2 Å². The SMILES string of the molecule is COc1cc2nc(NC(=O)c3cccc(S(C)(=O)=O)c3)sc2cc1OC. The summed E-state index contributed by atoms with van der Waals surface area (Å²) in [7, 11) is -0.309. The van der Waals surface area contributed by atoms with Crippen molar-refractivity contribution in [3.63, 3.8) is 0 Å². The van der Waals surface area contributed by atoms with E-state index in [1.54, 1.807) is 25.3 Å². The lowest BCUT2D eigenvalue weighted by atomic mass is 10.2. The van der Waals surface area contributed by atoms with Crippen molar-refractivity contribution in [2.45, 2.75) is 4.90 Å². The molecule has 3 rings (SSSR count). The second kappa shape index (κ2) is 6.93. The molecule has 7 nitrogen and oxygen atoms in total. The first-order valence-corrected chi connectivity index (χ1v) is 10.2. The van der Waals surface area contributed by atoms with Crippen LogP contribution in [0.15, 0.2) is 41.3 Å². The fourth-order valence-corrected chi connectivity index (χ4v) is 3.88. The zero-order chi connectivity index (χ0) is 18.9. The minimum Gasteiger partial charge on any atom is -0.493 e. The Morgan fingerprint density at radius 1 is 1.12 bits per heavy atom. The maximum atomic E-state index is 12.4. The average molecular weight is 392 g/mol. The smallest absolute Gasteiger partial charge is 0.257 e. The van der Waals surface area contributed by atoms with E-state index in [0.29, 0.717) is 22.1 Å². The summed E-state index contributed by atoms with van der Waals surface area (Å²) in [5.41, 5.74) is 0.898. The van der Waals surface area contributed by atoms with E-state index in [0.717, 1.165) is 11.0 Å². The number of nitrogens with one attached hydrogen (secondary N) is 1. The van der Waals surface area contributed by atoms with Gasteiger partial charge in [-0.25, -0.2) is 13.4 Å². The van der Waals surface area contributed by atoms with Gasteiger partial charge in [-0.2, -0.15) is 0 Å². The topological polar surface area (TPSA) is 94.6 Å². The largest absolute Gasteiger partial charge is 0.493 e. The summed E-state index contributed by atoms with van der Waals surface area (Å²) < 4.78 is 34.6. The van der Waals surface area contributed by atoms with Crippen molar-refractivity contribution in [3.05, 3.63) is 42.0 Å². The quantitative estimate of drug-likeness (QED) is 0.717. The number of nitrogens with zero attached hydrogens (tertiary/aromatic N) is 1. The number of aromatic nitrogens is 1. The molecule has 0 radical (unpaired) electrons. The van der Waals surface area contributed by atoms with E-state index in [2.05, 4.69) is 10.3 Å². The Kier molecular flexibility index (Phi) is 4.84. The molecule has 0 bridgehead atoms. The number of carbonyl (C=O) groups is 1. The summed E-state index contributed by atoms with van der Waals surface area (Å²) in [4.78, 5) is 16.9. The van der Waals surface area contributed by atoms with E-state index in [9.17, 15) is 13.2 Å². The van der Waals surface area contributed by atoms with Crippen molar-refractivity contribution in [3.8, 4) is 11.5 Å². The molecule has 0 aliphatic heterocycles. The molecule has 1 N–H and O–H groups in total. The molecule has 1 aromatic heterocycles. The monoisotopic (exact) mass is 392 g/mol. The zero-order valence-corrected chi connectivity index (χ0v) is 15.9. The molecule has 136 valence electrons. The number of benzene rings is 2. The molecule has 0 saturated heterocycles. The number of ether oxygens (including phenoxy) is 2. The summed E-state index contributed by atoms with van der Waals surface area (Å²) in [5.74, 6) is 0.680. The standard InChI is InChI=1S/C17H16N2O5S2/c1-23-13-8-12-15(9-14(13)24-2)25-17(18-12)19-16(20)10-5-4-6-11(7-10)26(3,21)22/h4-9H,1-3H3,(H,18,19,20). The molecule has 3 aromatic rings. The number of methoxy groups -OCH3 is 2. The Bertz CT molecular complexity index is 1050. The third-order valence-corrected chi connectivity index (χ3v) is 5.68. The van der Waals surface area contributed by atoms with Crippen molar-refractivity contribution in [1.29, 1.82) is 0 Å². The van der Waals surface area contributed by atoms with E-state index in [4.69, 9.17) is 9.47 Å². The van der Waals surface area contributed by atoms with Gasteiger partial charge in [0.2, 0.25) is 0 Å². The number of sulfone groups is 1. The molecule has 0 unspecified atom stereocenters.